The standard InChI is InChI=1S/C9H10ClN3O2/c1-3-5-6-15-9-12-7(10)11-8(13-9)14-4-2/h1H,4-6H2,2H3. The van der Waals surface area contributed by atoms with Crippen molar-refractivity contribution in [2.45, 2.75) is 13.3 Å². The van der Waals surface area contributed by atoms with Gasteiger partial charge in [-0.3, -0.25) is 0 Å². The lowest BCUT2D eigenvalue weighted by Crippen LogP contribution is -2.04. The second-order valence-corrected chi connectivity index (χ2v) is 2.74. The molecule has 0 saturated carbocycles. The first-order valence-corrected chi connectivity index (χ1v) is 4.74. The van der Waals surface area contributed by atoms with Gasteiger partial charge in [-0.25, -0.2) is 0 Å². The van der Waals surface area contributed by atoms with Crippen LogP contribution in [0.4, 0.5) is 0 Å². The van der Waals surface area contributed by atoms with Crippen LogP contribution < -0.4 is 9.47 Å². The highest BCUT2D eigenvalue weighted by Crippen LogP contribution is 2.12. The van der Waals surface area contributed by atoms with Crippen molar-refractivity contribution >= 4 is 11.6 Å². The Kier molecular flexibility index (Phi) is 4.64. The maximum atomic E-state index is 5.64. The molecule has 0 N–H and O–H groups in total. The van der Waals surface area contributed by atoms with E-state index < -0.39 is 0 Å². The summed E-state index contributed by atoms with van der Waals surface area (Å²) in [6.07, 6.45) is 5.55. The largest absolute Gasteiger partial charge is 0.464 e. The van der Waals surface area contributed by atoms with Crippen LogP contribution in [0.15, 0.2) is 0 Å². The molecule has 6 heteroatoms. The summed E-state index contributed by atoms with van der Waals surface area (Å²) in [6, 6.07) is 0.266. The summed E-state index contributed by atoms with van der Waals surface area (Å²) in [5.74, 6) is 2.43. The third-order valence-corrected chi connectivity index (χ3v) is 1.49. The number of hydrogen-bond donors (Lipinski definition) is 0. The van der Waals surface area contributed by atoms with Crippen molar-refractivity contribution in [3.05, 3.63) is 5.28 Å². The van der Waals surface area contributed by atoms with E-state index in [1.54, 1.807) is 0 Å². The molecule has 0 radical (unpaired) electrons. The van der Waals surface area contributed by atoms with Gasteiger partial charge in [0.2, 0.25) is 5.28 Å². The Morgan fingerprint density at radius 3 is 2.53 bits per heavy atom. The van der Waals surface area contributed by atoms with Gasteiger partial charge in [0.1, 0.15) is 6.61 Å². The predicted octanol–water partition coefficient (Wildman–Crippen LogP) is 1.33. The first-order chi connectivity index (χ1) is 7.26. The number of terminal acetylenes is 1. The van der Waals surface area contributed by atoms with Crippen LogP contribution in [0.1, 0.15) is 13.3 Å². The fourth-order valence-electron chi connectivity index (χ4n) is 0.774. The topological polar surface area (TPSA) is 57.1 Å². The fourth-order valence-corrected chi connectivity index (χ4v) is 0.919. The molecular formula is C9H10ClN3O2. The van der Waals surface area contributed by atoms with E-state index in [-0.39, 0.29) is 17.3 Å². The lowest BCUT2D eigenvalue weighted by Gasteiger charge is -2.04. The van der Waals surface area contributed by atoms with E-state index in [0.29, 0.717) is 19.6 Å². The summed E-state index contributed by atoms with van der Waals surface area (Å²) >= 11 is 5.64. The SMILES string of the molecule is C#CCCOc1nc(Cl)nc(OCC)n1. The number of ether oxygens (including phenoxy) is 2. The van der Waals surface area contributed by atoms with Gasteiger partial charge in [-0.2, -0.15) is 9.97 Å². The zero-order chi connectivity index (χ0) is 11.1. The fraction of sp³-hybridized carbons (Fsp3) is 0.444. The van der Waals surface area contributed by atoms with Crippen molar-refractivity contribution in [2.75, 3.05) is 13.2 Å². The van der Waals surface area contributed by atoms with Crippen molar-refractivity contribution < 1.29 is 9.47 Å². The Labute approximate surface area is 92.8 Å². The maximum absolute atomic E-state index is 5.64. The predicted molar refractivity (Wildman–Crippen MR) is 55.0 cm³/mol. The monoisotopic (exact) mass is 227 g/mol. The third kappa shape index (κ3) is 4.00. The molecule has 1 aromatic heterocycles. The summed E-state index contributed by atoms with van der Waals surface area (Å²) in [6.45, 7) is 2.60. The summed E-state index contributed by atoms with van der Waals surface area (Å²) in [4.78, 5) is 11.4. The quantitative estimate of drug-likeness (QED) is 0.561. The van der Waals surface area contributed by atoms with Crippen LogP contribution in [0.2, 0.25) is 5.28 Å². The van der Waals surface area contributed by atoms with E-state index in [9.17, 15) is 0 Å². The molecule has 0 atom stereocenters. The van der Waals surface area contributed by atoms with Gasteiger partial charge in [0.15, 0.2) is 0 Å². The highest BCUT2D eigenvalue weighted by molar-refractivity contribution is 6.28. The molecule has 0 unspecified atom stereocenters. The van der Waals surface area contributed by atoms with Crippen LogP contribution in [0.3, 0.4) is 0 Å². The maximum Gasteiger partial charge on any atom is 0.323 e. The Morgan fingerprint density at radius 1 is 1.27 bits per heavy atom. The minimum atomic E-state index is 0.0316. The number of aromatic nitrogens is 3. The molecule has 1 aromatic rings. The Hall–Kier alpha value is -1.54. The molecule has 0 spiro atoms. The molecule has 15 heavy (non-hydrogen) atoms. The van der Waals surface area contributed by atoms with Gasteiger partial charge in [0, 0.05) is 6.42 Å². The van der Waals surface area contributed by atoms with Crippen LogP contribution in [0.25, 0.3) is 0 Å². The highest BCUT2D eigenvalue weighted by atomic mass is 35.5. The molecule has 0 fully saturated rings. The minimum Gasteiger partial charge on any atom is -0.464 e. The van der Waals surface area contributed by atoms with Crippen LogP contribution >= 0.6 is 11.6 Å². The minimum absolute atomic E-state index is 0.0316. The first kappa shape index (κ1) is 11.5. The molecular weight excluding hydrogens is 218 g/mol. The van der Waals surface area contributed by atoms with E-state index >= 15 is 0 Å². The van der Waals surface area contributed by atoms with Gasteiger partial charge < -0.3 is 9.47 Å². The van der Waals surface area contributed by atoms with Crippen molar-refractivity contribution in [2.24, 2.45) is 0 Å². The van der Waals surface area contributed by atoms with Crippen molar-refractivity contribution in [3.63, 3.8) is 0 Å². The van der Waals surface area contributed by atoms with Crippen molar-refractivity contribution in [3.8, 4) is 24.4 Å². The van der Waals surface area contributed by atoms with Gasteiger partial charge in [-0.05, 0) is 18.5 Å². The molecule has 80 valence electrons. The molecule has 5 nitrogen and oxygen atoms in total. The zero-order valence-electron chi connectivity index (χ0n) is 8.23. The van der Waals surface area contributed by atoms with Crippen LogP contribution in [-0.2, 0) is 0 Å². The molecule has 0 saturated heterocycles. The highest BCUT2D eigenvalue weighted by Gasteiger charge is 2.05. The molecule has 0 aliphatic carbocycles. The first-order valence-electron chi connectivity index (χ1n) is 4.37. The van der Waals surface area contributed by atoms with Crippen molar-refractivity contribution in [1.82, 2.24) is 15.0 Å². The molecule has 0 aromatic carbocycles. The zero-order valence-corrected chi connectivity index (χ0v) is 8.99. The lowest BCUT2D eigenvalue weighted by atomic mass is 10.5. The number of halogens is 1. The average molecular weight is 228 g/mol. The molecule has 1 heterocycles. The molecule has 0 amide bonds. The van der Waals surface area contributed by atoms with E-state index in [2.05, 4.69) is 20.9 Å². The molecule has 0 aliphatic heterocycles. The summed E-state index contributed by atoms with van der Waals surface area (Å²) < 4.78 is 10.2. The second kappa shape index (κ2) is 6.04. The third-order valence-electron chi connectivity index (χ3n) is 1.32. The Morgan fingerprint density at radius 2 is 1.93 bits per heavy atom. The number of rotatable bonds is 5. The normalized spacial score (nSPS) is 9.40. The average Bonchev–Trinajstić information content (AvgIpc) is 2.18. The molecule has 1 rings (SSSR count). The smallest absolute Gasteiger partial charge is 0.323 e. The van der Waals surface area contributed by atoms with Crippen LogP contribution in [-0.4, -0.2) is 28.2 Å². The van der Waals surface area contributed by atoms with Gasteiger partial charge in [-0.1, -0.05) is 0 Å². The van der Waals surface area contributed by atoms with Crippen LogP contribution in [0.5, 0.6) is 12.0 Å². The lowest BCUT2D eigenvalue weighted by molar-refractivity contribution is 0.273. The number of hydrogen-bond acceptors (Lipinski definition) is 5. The number of nitrogens with zero attached hydrogens (tertiary/aromatic N) is 3. The summed E-state index contributed by atoms with van der Waals surface area (Å²) in [5, 5.41) is 0.0316. The Balaban J connectivity index is 2.67. The second-order valence-electron chi connectivity index (χ2n) is 2.41. The van der Waals surface area contributed by atoms with Gasteiger partial charge in [0.05, 0.1) is 6.61 Å². The molecule has 0 bridgehead atoms. The van der Waals surface area contributed by atoms with Gasteiger partial charge in [-0.15, -0.1) is 17.3 Å². The van der Waals surface area contributed by atoms with Crippen molar-refractivity contribution in [1.29, 1.82) is 0 Å². The van der Waals surface area contributed by atoms with E-state index in [1.807, 2.05) is 6.92 Å². The Bertz CT molecular complexity index is 365. The van der Waals surface area contributed by atoms with E-state index in [0.717, 1.165) is 0 Å². The van der Waals surface area contributed by atoms with E-state index in [4.69, 9.17) is 27.5 Å². The van der Waals surface area contributed by atoms with Gasteiger partial charge in [0.25, 0.3) is 0 Å². The summed E-state index contributed by atoms with van der Waals surface area (Å²) in [5.41, 5.74) is 0. The van der Waals surface area contributed by atoms with E-state index in [1.165, 1.54) is 0 Å². The summed E-state index contributed by atoms with van der Waals surface area (Å²) in [7, 11) is 0. The van der Waals surface area contributed by atoms with Gasteiger partial charge >= 0.3 is 12.0 Å². The molecule has 0 aliphatic rings. The van der Waals surface area contributed by atoms with Crippen LogP contribution in [0, 0.1) is 12.3 Å².